The molecule has 1 unspecified atom stereocenters. The van der Waals surface area contributed by atoms with Crippen molar-refractivity contribution in [3.8, 4) is 5.75 Å². The molecule has 0 spiro atoms. The first kappa shape index (κ1) is 21.8. The summed E-state index contributed by atoms with van der Waals surface area (Å²) in [6, 6.07) is 11.3. The van der Waals surface area contributed by atoms with E-state index in [0.29, 0.717) is 18.9 Å². The van der Waals surface area contributed by atoms with Gasteiger partial charge < -0.3 is 14.5 Å². The monoisotopic (exact) mass is 435 g/mol. The minimum absolute atomic E-state index is 0.349. The Kier molecular flexibility index (Phi) is 5.42. The highest BCUT2D eigenvalue weighted by Crippen LogP contribution is 2.43. The molecule has 0 fully saturated rings. The van der Waals surface area contributed by atoms with E-state index < -0.39 is 11.7 Å². The van der Waals surface area contributed by atoms with Gasteiger partial charge in [0.2, 0.25) is 5.66 Å². The van der Waals surface area contributed by atoms with Gasteiger partial charge in [0, 0.05) is 27.2 Å². The molecule has 2 heterocycles. The van der Waals surface area contributed by atoms with Gasteiger partial charge in [-0.2, -0.15) is 4.99 Å². The lowest BCUT2D eigenvalue weighted by Gasteiger charge is -2.53. The van der Waals surface area contributed by atoms with Crippen LogP contribution in [-0.4, -0.2) is 56.1 Å². The molecule has 8 heteroatoms. The lowest BCUT2D eigenvalue weighted by Crippen LogP contribution is -2.78. The highest BCUT2D eigenvalue weighted by molar-refractivity contribution is 6.30. The van der Waals surface area contributed by atoms with Crippen LogP contribution in [0.4, 0.5) is 16.2 Å². The van der Waals surface area contributed by atoms with Crippen molar-refractivity contribution in [2.24, 2.45) is 4.99 Å². The number of hydrogen-bond acceptors (Lipinski definition) is 6. The Morgan fingerprint density at radius 2 is 1.62 bits per heavy atom. The number of carbonyl (C=O) groups is 2. The van der Waals surface area contributed by atoms with Gasteiger partial charge in [0.05, 0.1) is 18.5 Å². The van der Waals surface area contributed by atoms with Crippen LogP contribution in [0.5, 0.6) is 5.75 Å². The first-order valence-electron chi connectivity index (χ1n) is 10.7. The number of nitrogens with zero attached hydrogens (tertiary/aromatic N) is 4. The van der Waals surface area contributed by atoms with Crippen LogP contribution in [0.25, 0.3) is 0 Å². The minimum Gasteiger partial charge on any atom is -0.497 e. The third kappa shape index (κ3) is 3.14. The van der Waals surface area contributed by atoms with E-state index >= 15 is 0 Å². The molecule has 0 radical (unpaired) electrons. The average Bonchev–Trinajstić information content (AvgIpc) is 2.79. The molecule has 2 aromatic carbocycles. The van der Waals surface area contributed by atoms with Crippen LogP contribution >= 0.6 is 0 Å². The van der Waals surface area contributed by atoms with Crippen molar-refractivity contribution >= 4 is 29.1 Å². The summed E-state index contributed by atoms with van der Waals surface area (Å²) in [6.07, 6.45) is 0. The number of anilines is 2. The summed E-state index contributed by atoms with van der Waals surface area (Å²) < 4.78 is 5.25. The summed E-state index contributed by atoms with van der Waals surface area (Å²) in [4.78, 5) is 35.6. The number of methoxy groups -OCH3 is 1. The number of fused-ring (bicyclic) bond motifs is 2. The van der Waals surface area contributed by atoms with Gasteiger partial charge in [-0.15, -0.1) is 0 Å². The van der Waals surface area contributed by atoms with E-state index in [1.54, 1.807) is 7.11 Å². The highest BCUT2D eigenvalue weighted by atomic mass is 16.5. The molecule has 0 saturated carbocycles. The van der Waals surface area contributed by atoms with Crippen LogP contribution in [0.15, 0.2) is 41.4 Å². The number of aryl methyl sites for hydroxylation is 2. The van der Waals surface area contributed by atoms with Crippen molar-refractivity contribution in [2.75, 3.05) is 37.5 Å². The smallest absolute Gasteiger partial charge is 0.351 e. The second-order valence-electron chi connectivity index (χ2n) is 8.22. The van der Waals surface area contributed by atoms with E-state index in [2.05, 4.69) is 36.3 Å². The number of benzene rings is 2. The molecule has 0 bridgehead atoms. The van der Waals surface area contributed by atoms with Crippen molar-refractivity contribution in [3.63, 3.8) is 0 Å². The lowest BCUT2D eigenvalue weighted by atomic mass is 9.93. The number of imide groups is 1. The molecule has 1 N–H and O–H groups in total. The van der Waals surface area contributed by atoms with E-state index in [1.165, 1.54) is 7.05 Å². The number of rotatable bonds is 5. The van der Waals surface area contributed by atoms with Crippen LogP contribution in [0.3, 0.4) is 0 Å². The Morgan fingerprint density at radius 1 is 1.00 bits per heavy atom. The number of amides is 3. The van der Waals surface area contributed by atoms with Gasteiger partial charge in [-0.25, -0.2) is 4.79 Å². The quantitative estimate of drug-likeness (QED) is 0.778. The molecule has 0 aromatic heterocycles. The number of hydrogen-bond donors (Lipinski definition) is 1. The van der Waals surface area contributed by atoms with E-state index in [-0.39, 0.29) is 5.91 Å². The number of urea groups is 1. The fourth-order valence-electron chi connectivity index (χ4n) is 4.42. The largest absolute Gasteiger partial charge is 0.497 e. The van der Waals surface area contributed by atoms with E-state index in [1.807, 2.05) is 48.0 Å². The van der Waals surface area contributed by atoms with Gasteiger partial charge in [-0.05, 0) is 61.7 Å². The van der Waals surface area contributed by atoms with Crippen LogP contribution in [0.1, 0.15) is 23.6 Å². The highest BCUT2D eigenvalue weighted by Gasteiger charge is 2.58. The number of nitrogens with one attached hydrogen (secondary N) is 1. The molecule has 32 heavy (non-hydrogen) atoms. The lowest BCUT2D eigenvalue weighted by molar-refractivity contribution is -0.132. The summed E-state index contributed by atoms with van der Waals surface area (Å²) >= 11 is 0. The topological polar surface area (TPSA) is 77.5 Å². The van der Waals surface area contributed by atoms with Crippen molar-refractivity contribution in [1.82, 2.24) is 10.2 Å². The second-order valence-corrected chi connectivity index (χ2v) is 8.22. The second kappa shape index (κ2) is 7.94. The van der Waals surface area contributed by atoms with E-state index in [0.717, 1.165) is 38.7 Å². The average molecular weight is 436 g/mol. The molecule has 1 atom stereocenters. The third-order valence-corrected chi connectivity index (χ3v) is 6.42. The Morgan fingerprint density at radius 3 is 2.22 bits per heavy atom. The summed E-state index contributed by atoms with van der Waals surface area (Å²) in [5, 5.41) is 3.47. The number of amidine groups is 1. The van der Waals surface area contributed by atoms with Crippen molar-refractivity contribution in [3.05, 3.63) is 53.1 Å². The predicted octanol–water partition coefficient (Wildman–Crippen LogP) is 3.06. The minimum atomic E-state index is -1.30. The van der Waals surface area contributed by atoms with Gasteiger partial charge in [0.1, 0.15) is 5.75 Å². The molecular formula is C24H29N5O3. The maximum absolute atomic E-state index is 13.8. The molecule has 4 rings (SSSR count). The normalized spacial score (nSPS) is 20.2. The Labute approximate surface area is 188 Å². The van der Waals surface area contributed by atoms with Gasteiger partial charge in [0.25, 0.3) is 5.91 Å². The van der Waals surface area contributed by atoms with Gasteiger partial charge in [0.15, 0.2) is 5.84 Å². The van der Waals surface area contributed by atoms with Gasteiger partial charge in [-0.1, -0.05) is 12.1 Å². The number of ether oxygens (including phenoxy) is 1. The summed E-state index contributed by atoms with van der Waals surface area (Å²) in [6.45, 7) is 7.06. The predicted molar refractivity (Wildman–Crippen MR) is 126 cm³/mol. The molecule has 0 aliphatic carbocycles. The SMILES string of the molecule is CCN1c2cc(C)c(C)cc2N(C)C2=NC(=O)N(C)C(=O)C21NCc1ccc(OC)cc1. The van der Waals surface area contributed by atoms with Crippen molar-refractivity contribution in [2.45, 2.75) is 33.0 Å². The van der Waals surface area contributed by atoms with Crippen LogP contribution in [-0.2, 0) is 11.3 Å². The molecule has 2 aromatic rings. The van der Waals surface area contributed by atoms with Crippen LogP contribution in [0, 0.1) is 13.8 Å². The molecule has 2 aliphatic heterocycles. The summed E-state index contributed by atoms with van der Waals surface area (Å²) in [7, 11) is 4.96. The first-order chi connectivity index (χ1) is 15.2. The third-order valence-electron chi connectivity index (χ3n) is 6.42. The van der Waals surface area contributed by atoms with Crippen LogP contribution < -0.4 is 19.9 Å². The van der Waals surface area contributed by atoms with Gasteiger partial charge >= 0.3 is 6.03 Å². The molecule has 168 valence electrons. The van der Waals surface area contributed by atoms with Crippen LogP contribution in [0.2, 0.25) is 0 Å². The van der Waals surface area contributed by atoms with Crippen molar-refractivity contribution in [1.29, 1.82) is 0 Å². The van der Waals surface area contributed by atoms with Gasteiger partial charge in [-0.3, -0.25) is 15.0 Å². The maximum Gasteiger partial charge on any atom is 0.351 e. The molecule has 8 nitrogen and oxygen atoms in total. The number of carbonyl (C=O) groups excluding carboxylic acids is 2. The zero-order valence-corrected chi connectivity index (χ0v) is 19.4. The Balaban J connectivity index is 1.87. The number of aliphatic imine (C=N–C) groups is 1. The zero-order chi connectivity index (χ0) is 23.2. The Bertz CT molecular complexity index is 1110. The first-order valence-corrected chi connectivity index (χ1v) is 10.7. The Hall–Kier alpha value is -3.39. The fourth-order valence-corrected chi connectivity index (χ4v) is 4.42. The molecule has 0 saturated heterocycles. The van der Waals surface area contributed by atoms with E-state index in [9.17, 15) is 9.59 Å². The maximum atomic E-state index is 13.8. The van der Waals surface area contributed by atoms with E-state index in [4.69, 9.17) is 4.74 Å². The molecular weight excluding hydrogens is 406 g/mol. The molecule has 2 aliphatic rings. The zero-order valence-electron chi connectivity index (χ0n) is 19.4. The van der Waals surface area contributed by atoms with Crippen molar-refractivity contribution < 1.29 is 14.3 Å². The fraction of sp³-hybridized carbons (Fsp3) is 0.375. The summed E-state index contributed by atoms with van der Waals surface area (Å²) in [5.41, 5.74) is 3.79. The molecule has 3 amide bonds. The number of likely N-dealkylation sites (N-methyl/N-ethyl adjacent to an activating group) is 3. The standard InChI is InChI=1S/C24H29N5O3/c1-7-29-20-13-16(3)15(2)12-19(20)27(4)21-24(29,22(30)28(5)23(31)26-21)25-14-17-8-10-18(32-6)11-9-17/h8-13,25H,7,14H2,1-6H3. The summed E-state index contributed by atoms with van der Waals surface area (Å²) in [5.74, 6) is 0.802.